The summed E-state index contributed by atoms with van der Waals surface area (Å²) in [4.78, 5) is 24.6. The van der Waals surface area contributed by atoms with Crippen LogP contribution in [-0.4, -0.2) is 67.6 Å². The van der Waals surface area contributed by atoms with Gasteiger partial charge in [-0.15, -0.1) is 10.2 Å². The van der Waals surface area contributed by atoms with Gasteiger partial charge in [-0.05, 0) is 52.1 Å². The molecule has 1 aliphatic heterocycles. The second-order valence-corrected chi connectivity index (χ2v) is 7.89. The second-order valence-electron chi connectivity index (χ2n) is 7.89. The zero-order chi connectivity index (χ0) is 19.8. The Hall–Kier alpha value is -2.74. The van der Waals surface area contributed by atoms with Gasteiger partial charge in [-0.1, -0.05) is 0 Å². The first kappa shape index (κ1) is 18.6. The van der Waals surface area contributed by atoms with Gasteiger partial charge in [-0.2, -0.15) is 0 Å². The Morgan fingerprint density at radius 3 is 2.71 bits per heavy atom. The molecule has 0 atom stereocenters. The van der Waals surface area contributed by atoms with Crippen LogP contribution in [-0.2, 0) is 13.6 Å². The first-order valence-electron chi connectivity index (χ1n) is 9.71. The molecule has 0 unspecified atom stereocenters. The fourth-order valence-electron chi connectivity index (χ4n) is 3.94. The summed E-state index contributed by atoms with van der Waals surface area (Å²) < 4.78 is 2.11. The highest BCUT2D eigenvalue weighted by atomic mass is 16.2. The molecule has 8 heteroatoms. The largest absolute Gasteiger partial charge is 0.342 e. The van der Waals surface area contributed by atoms with Gasteiger partial charge < -0.3 is 19.4 Å². The smallest absolute Gasteiger partial charge is 0.253 e. The van der Waals surface area contributed by atoms with Crippen molar-refractivity contribution in [3.8, 4) is 0 Å². The van der Waals surface area contributed by atoms with Gasteiger partial charge in [0, 0.05) is 31.6 Å². The molecule has 3 aromatic rings. The first-order chi connectivity index (χ1) is 13.4. The number of nitrogens with zero attached hydrogens (tertiary/aromatic N) is 6. The standard InChI is InChI=1S/C20H27N7O/c1-13-21-16-6-5-15(11-17(16)22-13)20(28)27-9-7-14(8-10-27)19-24-23-18(26(19)4)12-25(2)3/h5-6,11,14H,7-10,12H2,1-4H3,(H,21,22). The lowest BCUT2D eigenvalue weighted by atomic mass is 9.95. The van der Waals surface area contributed by atoms with Crippen LogP contribution < -0.4 is 0 Å². The quantitative estimate of drug-likeness (QED) is 0.748. The van der Waals surface area contributed by atoms with Crippen LogP contribution >= 0.6 is 0 Å². The van der Waals surface area contributed by atoms with Crippen LogP contribution in [0.15, 0.2) is 18.2 Å². The third-order valence-corrected chi connectivity index (χ3v) is 5.45. The van der Waals surface area contributed by atoms with E-state index >= 15 is 0 Å². The van der Waals surface area contributed by atoms with Crippen LogP contribution in [0.2, 0.25) is 0 Å². The van der Waals surface area contributed by atoms with Crippen molar-refractivity contribution in [2.24, 2.45) is 7.05 Å². The number of amides is 1. The molecule has 4 rings (SSSR count). The van der Waals surface area contributed by atoms with E-state index in [2.05, 4.69) is 29.6 Å². The molecule has 1 saturated heterocycles. The van der Waals surface area contributed by atoms with Gasteiger partial charge in [0.2, 0.25) is 0 Å². The van der Waals surface area contributed by atoms with E-state index in [0.29, 0.717) is 11.5 Å². The molecular formula is C20H27N7O. The lowest BCUT2D eigenvalue weighted by molar-refractivity contribution is 0.0710. The van der Waals surface area contributed by atoms with Gasteiger partial charge >= 0.3 is 0 Å². The highest BCUT2D eigenvalue weighted by Gasteiger charge is 2.28. The SMILES string of the molecule is Cc1nc2ccc(C(=O)N3CCC(c4nnc(CN(C)C)n4C)CC3)cc2[nH]1. The van der Waals surface area contributed by atoms with Gasteiger partial charge in [0.1, 0.15) is 17.5 Å². The Balaban J connectivity index is 1.43. The molecule has 0 bridgehead atoms. The Bertz CT molecular complexity index is 995. The fraction of sp³-hybridized carbons (Fsp3) is 0.500. The predicted molar refractivity (Wildman–Crippen MR) is 107 cm³/mol. The molecule has 148 valence electrons. The monoisotopic (exact) mass is 381 g/mol. The second kappa shape index (κ2) is 7.35. The summed E-state index contributed by atoms with van der Waals surface area (Å²) in [6, 6.07) is 5.68. The van der Waals surface area contributed by atoms with Crippen molar-refractivity contribution in [2.75, 3.05) is 27.2 Å². The number of H-pyrrole nitrogens is 1. The molecule has 1 amide bonds. The maximum atomic E-state index is 12.9. The van der Waals surface area contributed by atoms with Gasteiger partial charge in [-0.3, -0.25) is 4.79 Å². The maximum Gasteiger partial charge on any atom is 0.253 e. The highest BCUT2D eigenvalue weighted by molar-refractivity contribution is 5.97. The van der Waals surface area contributed by atoms with Gasteiger partial charge in [0.05, 0.1) is 17.6 Å². The average molecular weight is 381 g/mol. The van der Waals surface area contributed by atoms with E-state index in [9.17, 15) is 4.79 Å². The van der Waals surface area contributed by atoms with E-state index in [-0.39, 0.29) is 5.91 Å². The molecule has 0 radical (unpaired) electrons. The van der Waals surface area contributed by atoms with Crippen molar-refractivity contribution in [2.45, 2.75) is 32.2 Å². The first-order valence-corrected chi connectivity index (χ1v) is 9.71. The summed E-state index contributed by atoms with van der Waals surface area (Å²) in [5.41, 5.74) is 2.51. The highest BCUT2D eigenvalue weighted by Crippen LogP contribution is 2.28. The fourth-order valence-corrected chi connectivity index (χ4v) is 3.94. The van der Waals surface area contributed by atoms with E-state index in [4.69, 9.17) is 0 Å². The van der Waals surface area contributed by atoms with Crippen LogP contribution in [0.4, 0.5) is 0 Å². The minimum atomic E-state index is 0.0823. The van der Waals surface area contributed by atoms with Crippen molar-refractivity contribution in [1.29, 1.82) is 0 Å². The Morgan fingerprint density at radius 2 is 2.00 bits per heavy atom. The van der Waals surface area contributed by atoms with E-state index in [1.165, 1.54) is 0 Å². The molecule has 1 aliphatic rings. The molecular weight excluding hydrogens is 354 g/mol. The number of carbonyl (C=O) groups excluding carboxylic acids is 1. The predicted octanol–water partition coefficient (Wildman–Crippen LogP) is 2.08. The Morgan fingerprint density at radius 1 is 1.25 bits per heavy atom. The van der Waals surface area contributed by atoms with Crippen LogP contribution in [0.25, 0.3) is 11.0 Å². The molecule has 28 heavy (non-hydrogen) atoms. The minimum Gasteiger partial charge on any atom is -0.342 e. The van der Waals surface area contributed by atoms with E-state index in [1.54, 1.807) is 0 Å². The topological polar surface area (TPSA) is 82.9 Å². The number of aryl methyl sites for hydroxylation is 1. The number of fused-ring (bicyclic) bond motifs is 1. The number of aromatic nitrogens is 5. The van der Waals surface area contributed by atoms with Gasteiger partial charge in [0.25, 0.3) is 5.91 Å². The molecule has 0 spiro atoms. The molecule has 3 heterocycles. The van der Waals surface area contributed by atoms with E-state index < -0.39 is 0 Å². The number of imidazole rings is 1. The average Bonchev–Trinajstić information content (AvgIpc) is 3.22. The molecule has 0 saturated carbocycles. The van der Waals surface area contributed by atoms with Crippen LogP contribution in [0.5, 0.6) is 0 Å². The van der Waals surface area contributed by atoms with Crippen molar-refractivity contribution >= 4 is 16.9 Å². The summed E-state index contributed by atoms with van der Waals surface area (Å²) in [6.45, 7) is 4.16. The van der Waals surface area contributed by atoms with E-state index in [0.717, 1.165) is 61.0 Å². The summed E-state index contributed by atoms with van der Waals surface area (Å²) in [6.07, 6.45) is 1.82. The summed E-state index contributed by atoms with van der Waals surface area (Å²) in [7, 11) is 6.09. The number of aromatic amines is 1. The van der Waals surface area contributed by atoms with Crippen molar-refractivity contribution in [1.82, 2.24) is 34.5 Å². The molecule has 1 fully saturated rings. The van der Waals surface area contributed by atoms with Crippen LogP contribution in [0.3, 0.4) is 0 Å². The molecule has 2 aromatic heterocycles. The number of benzene rings is 1. The third-order valence-electron chi connectivity index (χ3n) is 5.45. The van der Waals surface area contributed by atoms with Crippen molar-refractivity contribution in [3.63, 3.8) is 0 Å². The third kappa shape index (κ3) is 3.52. The van der Waals surface area contributed by atoms with Gasteiger partial charge in [0.15, 0.2) is 0 Å². The number of hydrogen-bond donors (Lipinski definition) is 1. The Labute approximate surface area is 164 Å². The molecule has 8 nitrogen and oxygen atoms in total. The lowest BCUT2D eigenvalue weighted by Crippen LogP contribution is -2.38. The molecule has 0 aliphatic carbocycles. The minimum absolute atomic E-state index is 0.0823. The summed E-state index contributed by atoms with van der Waals surface area (Å²) >= 11 is 0. The zero-order valence-electron chi connectivity index (χ0n) is 16.9. The number of carbonyl (C=O) groups is 1. The van der Waals surface area contributed by atoms with Crippen molar-refractivity contribution in [3.05, 3.63) is 41.2 Å². The maximum absolute atomic E-state index is 12.9. The molecule has 1 aromatic carbocycles. The van der Waals surface area contributed by atoms with E-state index in [1.807, 2.05) is 51.2 Å². The van der Waals surface area contributed by atoms with Crippen LogP contribution in [0, 0.1) is 6.92 Å². The number of hydrogen-bond acceptors (Lipinski definition) is 5. The Kier molecular flexibility index (Phi) is 4.89. The summed E-state index contributed by atoms with van der Waals surface area (Å²) in [5, 5.41) is 8.77. The molecule has 1 N–H and O–H groups in total. The summed E-state index contributed by atoms with van der Waals surface area (Å²) in [5.74, 6) is 3.28. The van der Waals surface area contributed by atoms with Gasteiger partial charge in [-0.25, -0.2) is 4.98 Å². The lowest BCUT2D eigenvalue weighted by Gasteiger charge is -2.31. The normalized spacial score (nSPS) is 15.7. The number of likely N-dealkylation sites (tertiary alicyclic amines) is 1. The van der Waals surface area contributed by atoms with Crippen molar-refractivity contribution < 1.29 is 4.79 Å². The number of rotatable bonds is 4. The zero-order valence-corrected chi connectivity index (χ0v) is 16.9. The number of piperidine rings is 1. The number of nitrogens with one attached hydrogen (secondary N) is 1. The van der Waals surface area contributed by atoms with Crippen LogP contribution in [0.1, 0.15) is 46.6 Å².